The normalized spacial score (nSPS) is 12.2. The molecule has 0 N–H and O–H groups in total. The van der Waals surface area contributed by atoms with Gasteiger partial charge in [-0.2, -0.15) is 0 Å². The lowest BCUT2D eigenvalue weighted by Gasteiger charge is -2.09. The molecule has 0 fully saturated rings. The van der Waals surface area contributed by atoms with Gasteiger partial charge in [-0.05, 0) is 38.5 Å². The summed E-state index contributed by atoms with van der Waals surface area (Å²) in [5.74, 6) is 0.605. The molecule has 1 aromatic carbocycles. The van der Waals surface area contributed by atoms with Gasteiger partial charge < -0.3 is 9.47 Å². The lowest BCUT2D eigenvalue weighted by molar-refractivity contribution is 0.101. The average molecular weight is 305 g/mol. The van der Waals surface area contributed by atoms with Gasteiger partial charge in [-0.25, -0.2) is 4.98 Å². The molecule has 5 heteroatoms. The Morgan fingerprint density at radius 3 is 2.86 bits per heavy atom. The number of carbonyl (C=O) groups excluding carboxylic acids is 1. The minimum absolute atomic E-state index is 0.00280. The van der Waals surface area contributed by atoms with Crippen molar-refractivity contribution in [3.05, 3.63) is 45.4 Å². The first-order chi connectivity index (χ1) is 10.0. The van der Waals surface area contributed by atoms with Crippen LogP contribution in [-0.2, 0) is 11.3 Å². The molecule has 0 aliphatic heterocycles. The van der Waals surface area contributed by atoms with Gasteiger partial charge in [-0.15, -0.1) is 11.3 Å². The summed E-state index contributed by atoms with van der Waals surface area (Å²) in [6, 6.07) is 5.58. The molecule has 0 aliphatic carbocycles. The SMILES string of the molecule is COC(C)c1nc(COc2cc(C)ccc2C(C)=O)cs1. The second-order valence-corrected chi connectivity index (χ2v) is 5.79. The van der Waals surface area contributed by atoms with Gasteiger partial charge in [-0.3, -0.25) is 4.79 Å². The van der Waals surface area contributed by atoms with E-state index < -0.39 is 0 Å². The summed E-state index contributed by atoms with van der Waals surface area (Å²) in [7, 11) is 1.66. The highest BCUT2D eigenvalue weighted by molar-refractivity contribution is 7.09. The summed E-state index contributed by atoms with van der Waals surface area (Å²) in [4.78, 5) is 16.1. The van der Waals surface area contributed by atoms with Gasteiger partial charge in [-0.1, -0.05) is 6.07 Å². The molecule has 0 spiro atoms. The number of aromatic nitrogens is 1. The third-order valence-corrected chi connectivity index (χ3v) is 4.22. The topological polar surface area (TPSA) is 48.4 Å². The number of thiazole rings is 1. The zero-order chi connectivity index (χ0) is 15.4. The molecule has 1 unspecified atom stereocenters. The van der Waals surface area contributed by atoms with Crippen molar-refractivity contribution in [1.82, 2.24) is 4.98 Å². The smallest absolute Gasteiger partial charge is 0.163 e. The van der Waals surface area contributed by atoms with E-state index in [4.69, 9.17) is 9.47 Å². The third kappa shape index (κ3) is 3.89. The third-order valence-electron chi connectivity index (χ3n) is 3.16. The predicted molar refractivity (Wildman–Crippen MR) is 83.1 cm³/mol. The maximum atomic E-state index is 11.6. The maximum absolute atomic E-state index is 11.6. The number of benzene rings is 1. The quantitative estimate of drug-likeness (QED) is 0.758. The second-order valence-electron chi connectivity index (χ2n) is 4.90. The number of hydrogen-bond donors (Lipinski definition) is 0. The van der Waals surface area contributed by atoms with Crippen LogP contribution in [0.4, 0.5) is 0 Å². The first-order valence-electron chi connectivity index (χ1n) is 6.72. The fourth-order valence-corrected chi connectivity index (χ4v) is 2.70. The van der Waals surface area contributed by atoms with Crippen LogP contribution in [0.3, 0.4) is 0 Å². The molecule has 0 bridgehead atoms. The average Bonchev–Trinajstić information content (AvgIpc) is 2.93. The van der Waals surface area contributed by atoms with Crippen molar-refractivity contribution in [2.24, 2.45) is 0 Å². The maximum Gasteiger partial charge on any atom is 0.163 e. The monoisotopic (exact) mass is 305 g/mol. The highest BCUT2D eigenvalue weighted by atomic mass is 32.1. The van der Waals surface area contributed by atoms with E-state index in [2.05, 4.69) is 4.98 Å². The van der Waals surface area contributed by atoms with Crippen LogP contribution in [0.25, 0.3) is 0 Å². The molecule has 2 aromatic rings. The molecule has 112 valence electrons. The van der Waals surface area contributed by atoms with Crippen molar-refractivity contribution in [1.29, 1.82) is 0 Å². The van der Waals surface area contributed by atoms with Gasteiger partial charge in [0.25, 0.3) is 0 Å². The molecule has 0 aliphatic rings. The van der Waals surface area contributed by atoms with Crippen LogP contribution in [0.1, 0.15) is 46.6 Å². The van der Waals surface area contributed by atoms with E-state index in [9.17, 15) is 4.79 Å². The Kier molecular flexibility index (Phi) is 5.09. The number of Topliss-reactive ketones (excluding diaryl/α,β-unsaturated/α-hetero) is 1. The molecular weight excluding hydrogens is 286 g/mol. The van der Waals surface area contributed by atoms with Crippen molar-refractivity contribution in [3.8, 4) is 5.75 Å². The fraction of sp³-hybridized carbons (Fsp3) is 0.375. The number of ether oxygens (including phenoxy) is 2. The number of hydrogen-bond acceptors (Lipinski definition) is 5. The molecule has 4 nitrogen and oxygen atoms in total. The largest absolute Gasteiger partial charge is 0.486 e. The van der Waals surface area contributed by atoms with Crippen LogP contribution in [0.2, 0.25) is 0 Å². The summed E-state index contributed by atoms with van der Waals surface area (Å²) in [5, 5.41) is 2.88. The van der Waals surface area contributed by atoms with Gasteiger partial charge in [0, 0.05) is 12.5 Å². The molecule has 0 saturated carbocycles. The number of aryl methyl sites for hydroxylation is 1. The highest BCUT2D eigenvalue weighted by Crippen LogP contribution is 2.24. The number of rotatable bonds is 6. The van der Waals surface area contributed by atoms with Crippen molar-refractivity contribution in [2.45, 2.75) is 33.5 Å². The summed E-state index contributed by atoms with van der Waals surface area (Å²) >= 11 is 1.55. The molecule has 2 rings (SSSR count). The molecule has 1 atom stereocenters. The van der Waals surface area contributed by atoms with E-state index in [1.54, 1.807) is 31.4 Å². The number of carbonyl (C=O) groups is 1. The zero-order valence-electron chi connectivity index (χ0n) is 12.7. The predicted octanol–water partition coefficient (Wildman–Crippen LogP) is 3.94. The number of ketones is 1. The van der Waals surface area contributed by atoms with Crippen molar-refractivity contribution in [3.63, 3.8) is 0 Å². The first-order valence-corrected chi connectivity index (χ1v) is 7.60. The van der Waals surface area contributed by atoms with Gasteiger partial charge in [0.05, 0.1) is 11.3 Å². The summed E-state index contributed by atoms with van der Waals surface area (Å²) in [6.07, 6.45) is -0.0181. The van der Waals surface area contributed by atoms with Crippen LogP contribution >= 0.6 is 11.3 Å². The van der Waals surface area contributed by atoms with Crippen molar-refractivity contribution < 1.29 is 14.3 Å². The van der Waals surface area contributed by atoms with E-state index in [1.165, 1.54) is 0 Å². The first kappa shape index (κ1) is 15.7. The van der Waals surface area contributed by atoms with Crippen LogP contribution < -0.4 is 4.74 Å². The summed E-state index contributed by atoms with van der Waals surface area (Å²) in [6.45, 7) is 5.81. The molecule has 0 radical (unpaired) electrons. The lowest BCUT2D eigenvalue weighted by Crippen LogP contribution is -2.03. The number of methoxy groups -OCH3 is 1. The number of nitrogens with zero attached hydrogens (tertiary/aromatic N) is 1. The Morgan fingerprint density at radius 1 is 1.43 bits per heavy atom. The molecule has 1 heterocycles. The van der Waals surface area contributed by atoms with E-state index in [0.29, 0.717) is 17.9 Å². The Labute approximate surface area is 128 Å². The van der Waals surface area contributed by atoms with Gasteiger partial charge >= 0.3 is 0 Å². The minimum atomic E-state index is -0.0181. The Balaban J connectivity index is 2.11. The fourth-order valence-electron chi connectivity index (χ4n) is 1.87. The second kappa shape index (κ2) is 6.83. The molecule has 0 saturated heterocycles. The zero-order valence-corrected chi connectivity index (χ0v) is 13.5. The van der Waals surface area contributed by atoms with Crippen LogP contribution in [0.15, 0.2) is 23.6 Å². The minimum Gasteiger partial charge on any atom is -0.486 e. The van der Waals surface area contributed by atoms with Crippen molar-refractivity contribution >= 4 is 17.1 Å². The summed E-state index contributed by atoms with van der Waals surface area (Å²) < 4.78 is 11.0. The van der Waals surface area contributed by atoms with E-state index in [-0.39, 0.29) is 11.9 Å². The summed E-state index contributed by atoms with van der Waals surface area (Å²) in [5.41, 5.74) is 2.50. The molecule has 21 heavy (non-hydrogen) atoms. The Hall–Kier alpha value is -1.72. The Bertz CT molecular complexity index is 636. The molecule has 1 aromatic heterocycles. The van der Waals surface area contributed by atoms with Gasteiger partial charge in [0.2, 0.25) is 0 Å². The van der Waals surface area contributed by atoms with Crippen LogP contribution in [0, 0.1) is 6.92 Å². The van der Waals surface area contributed by atoms with Gasteiger partial charge in [0.1, 0.15) is 23.5 Å². The standard InChI is InChI=1S/C16H19NO3S/c1-10-5-6-14(11(2)18)15(7-10)20-8-13-9-21-16(17-13)12(3)19-4/h5-7,9,12H,8H2,1-4H3. The van der Waals surface area contributed by atoms with Crippen LogP contribution in [-0.4, -0.2) is 17.9 Å². The van der Waals surface area contributed by atoms with E-state index in [0.717, 1.165) is 16.3 Å². The van der Waals surface area contributed by atoms with Crippen molar-refractivity contribution in [2.75, 3.05) is 7.11 Å². The lowest BCUT2D eigenvalue weighted by atomic mass is 10.1. The van der Waals surface area contributed by atoms with Crippen LogP contribution in [0.5, 0.6) is 5.75 Å². The highest BCUT2D eigenvalue weighted by Gasteiger charge is 2.12. The van der Waals surface area contributed by atoms with Gasteiger partial charge in [0.15, 0.2) is 5.78 Å². The van der Waals surface area contributed by atoms with E-state index in [1.807, 2.05) is 31.4 Å². The molecular formula is C16H19NO3S. The Morgan fingerprint density at radius 2 is 2.19 bits per heavy atom. The molecule has 0 amide bonds. The van der Waals surface area contributed by atoms with E-state index >= 15 is 0 Å².